The third-order valence-electron chi connectivity index (χ3n) is 2.09. The number of aliphatic hydroxyl groups excluding tert-OH is 1. The molecule has 0 atom stereocenters. The monoisotopic (exact) mass is 223 g/mol. The Morgan fingerprint density at radius 1 is 1.38 bits per heavy atom. The van der Waals surface area contributed by atoms with Crippen LogP contribution in [0.1, 0.15) is 13.8 Å². The molecular weight excluding hydrogens is 206 g/mol. The second-order valence-corrected chi connectivity index (χ2v) is 4.38. The summed E-state index contributed by atoms with van der Waals surface area (Å²) in [6.07, 6.45) is -0.507. The lowest BCUT2D eigenvalue weighted by Crippen LogP contribution is -2.37. The summed E-state index contributed by atoms with van der Waals surface area (Å²) in [6.45, 7) is 4.10. The smallest absolute Gasteiger partial charge is 0.410 e. The molecule has 4 heteroatoms. The molecule has 88 valence electrons. The molecule has 2 N–H and O–H groups in total. The Hall–Kier alpha value is -1.55. The Kier molecular flexibility index (Phi) is 4.31. The molecule has 0 heterocycles. The predicted octanol–water partition coefficient (Wildman–Crippen LogP) is 1.79. The summed E-state index contributed by atoms with van der Waals surface area (Å²) >= 11 is 0. The maximum Gasteiger partial charge on any atom is 0.412 e. The van der Waals surface area contributed by atoms with Gasteiger partial charge in [0.2, 0.25) is 0 Å². The van der Waals surface area contributed by atoms with E-state index in [9.17, 15) is 4.79 Å². The van der Waals surface area contributed by atoms with E-state index < -0.39 is 6.09 Å². The maximum atomic E-state index is 11.4. The zero-order chi connectivity index (χ0) is 12.0. The largest absolute Gasteiger partial charge is 0.412 e. The van der Waals surface area contributed by atoms with E-state index in [1.54, 1.807) is 24.3 Å². The Bertz CT molecular complexity index is 335. The summed E-state index contributed by atoms with van der Waals surface area (Å²) in [5, 5.41) is 11.6. The number of benzene rings is 1. The summed E-state index contributed by atoms with van der Waals surface area (Å²) in [7, 11) is 0. The van der Waals surface area contributed by atoms with E-state index in [-0.39, 0.29) is 12.0 Å². The van der Waals surface area contributed by atoms with Crippen molar-refractivity contribution in [1.29, 1.82) is 0 Å². The fourth-order valence-electron chi connectivity index (χ4n) is 0.999. The van der Waals surface area contributed by atoms with Crippen LogP contribution in [0.2, 0.25) is 0 Å². The number of carbonyl (C=O) groups is 1. The molecule has 1 amide bonds. The highest BCUT2D eigenvalue weighted by molar-refractivity contribution is 5.70. The van der Waals surface area contributed by atoms with Gasteiger partial charge in [-0.15, -0.1) is 0 Å². The molecule has 0 saturated carbocycles. The quantitative estimate of drug-likeness (QED) is 0.818. The average molecular weight is 223 g/mol. The molecule has 0 bridgehead atoms. The molecule has 0 spiro atoms. The van der Waals surface area contributed by atoms with Crippen molar-refractivity contribution in [2.75, 3.05) is 13.2 Å². The van der Waals surface area contributed by atoms with Gasteiger partial charge in [0, 0.05) is 18.6 Å². The first-order chi connectivity index (χ1) is 7.53. The van der Waals surface area contributed by atoms with Crippen molar-refractivity contribution in [2.24, 2.45) is 5.41 Å². The van der Waals surface area contributed by atoms with Crippen molar-refractivity contribution in [3.8, 4) is 5.75 Å². The number of rotatable bonds is 4. The highest BCUT2D eigenvalue weighted by Crippen LogP contribution is 2.12. The van der Waals surface area contributed by atoms with E-state index in [0.717, 1.165) is 0 Å². The molecule has 0 unspecified atom stereocenters. The van der Waals surface area contributed by atoms with Gasteiger partial charge in [0.25, 0.3) is 0 Å². The van der Waals surface area contributed by atoms with Gasteiger partial charge in [-0.05, 0) is 12.1 Å². The van der Waals surface area contributed by atoms with Crippen molar-refractivity contribution in [1.82, 2.24) is 5.32 Å². The van der Waals surface area contributed by atoms with E-state index >= 15 is 0 Å². The minimum Gasteiger partial charge on any atom is -0.410 e. The first-order valence-electron chi connectivity index (χ1n) is 5.15. The normalized spacial score (nSPS) is 10.9. The van der Waals surface area contributed by atoms with Crippen LogP contribution in [-0.4, -0.2) is 24.4 Å². The van der Waals surface area contributed by atoms with Crippen molar-refractivity contribution >= 4 is 6.09 Å². The SMILES string of the molecule is CC(C)(CO)CNC(=O)Oc1ccccc1. The average Bonchev–Trinajstić information content (AvgIpc) is 2.28. The molecule has 0 aliphatic rings. The number of nitrogens with one attached hydrogen (secondary N) is 1. The van der Waals surface area contributed by atoms with Crippen LogP contribution in [0.25, 0.3) is 0 Å². The topological polar surface area (TPSA) is 58.6 Å². The Morgan fingerprint density at radius 2 is 2.00 bits per heavy atom. The van der Waals surface area contributed by atoms with Crippen molar-refractivity contribution < 1.29 is 14.6 Å². The minimum atomic E-state index is -0.507. The molecule has 0 saturated heterocycles. The van der Waals surface area contributed by atoms with Gasteiger partial charge in [0.05, 0.1) is 0 Å². The fourth-order valence-corrected chi connectivity index (χ4v) is 0.999. The van der Waals surface area contributed by atoms with E-state index in [1.807, 2.05) is 19.9 Å². The van der Waals surface area contributed by atoms with Gasteiger partial charge in [0.1, 0.15) is 5.75 Å². The predicted molar refractivity (Wildman–Crippen MR) is 61.3 cm³/mol. The maximum absolute atomic E-state index is 11.4. The molecule has 0 radical (unpaired) electrons. The summed E-state index contributed by atoms with van der Waals surface area (Å²) in [5.41, 5.74) is -0.338. The Morgan fingerprint density at radius 3 is 2.56 bits per heavy atom. The van der Waals surface area contributed by atoms with Crippen LogP contribution in [0.4, 0.5) is 4.79 Å². The molecular formula is C12H17NO3. The number of amides is 1. The molecule has 4 nitrogen and oxygen atoms in total. The highest BCUT2D eigenvalue weighted by atomic mass is 16.6. The van der Waals surface area contributed by atoms with Crippen molar-refractivity contribution in [2.45, 2.75) is 13.8 Å². The fraction of sp³-hybridized carbons (Fsp3) is 0.417. The summed E-state index contributed by atoms with van der Waals surface area (Å²) < 4.78 is 5.02. The van der Waals surface area contributed by atoms with Gasteiger partial charge in [0.15, 0.2) is 0 Å². The van der Waals surface area contributed by atoms with Gasteiger partial charge in [-0.25, -0.2) is 4.79 Å². The molecule has 0 aromatic heterocycles. The van der Waals surface area contributed by atoms with Crippen LogP contribution in [0.5, 0.6) is 5.75 Å². The number of hydrogen-bond acceptors (Lipinski definition) is 3. The van der Waals surface area contributed by atoms with Crippen molar-refractivity contribution in [3.05, 3.63) is 30.3 Å². The lowest BCUT2D eigenvalue weighted by atomic mass is 9.95. The lowest BCUT2D eigenvalue weighted by Gasteiger charge is -2.21. The van der Waals surface area contributed by atoms with Crippen LogP contribution in [-0.2, 0) is 0 Å². The third kappa shape index (κ3) is 4.31. The zero-order valence-electron chi connectivity index (χ0n) is 9.56. The van der Waals surface area contributed by atoms with Crippen LogP contribution in [0.15, 0.2) is 30.3 Å². The second kappa shape index (κ2) is 5.51. The van der Waals surface area contributed by atoms with Gasteiger partial charge < -0.3 is 15.2 Å². The van der Waals surface area contributed by atoms with Gasteiger partial charge in [-0.1, -0.05) is 32.0 Å². The second-order valence-electron chi connectivity index (χ2n) is 4.38. The van der Waals surface area contributed by atoms with E-state index in [1.165, 1.54) is 0 Å². The van der Waals surface area contributed by atoms with Crippen molar-refractivity contribution in [3.63, 3.8) is 0 Å². The molecule has 1 aromatic carbocycles. The van der Waals surface area contributed by atoms with E-state index in [2.05, 4.69) is 5.32 Å². The van der Waals surface area contributed by atoms with Crippen LogP contribution >= 0.6 is 0 Å². The zero-order valence-corrected chi connectivity index (χ0v) is 9.56. The molecule has 0 aliphatic heterocycles. The van der Waals surface area contributed by atoms with Gasteiger partial charge in [-0.3, -0.25) is 0 Å². The highest BCUT2D eigenvalue weighted by Gasteiger charge is 2.17. The van der Waals surface area contributed by atoms with Crippen LogP contribution < -0.4 is 10.1 Å². The van der Waals surface area contributed by atoms with Crippen LogP contribution in [0.3, 0.4) is 0 Å². The molecule has 1 rings (SSSR count). The lowest BCUT2D eigenvalue weighted by molar-refractivity contribution is 0.150. The molecule has 16 heavy (non-hydrogen) atoms. The number of aliphatic hydroxyl groups is 1. The number of hydrogen-bond donors (Lipinski definition) is 2. The number of carbonyl (C=O) groups excluding carboxylic acids is 1. The summed E-state index contributed by atoms with van der Waals surface area (Å²) in [4.78, 5) is 11.4. The minimum absolute atomic E-state index is 0.0125. The number of para-hydroxylation sites is 1. The summed E-state index contributed by atoms with van der Waals surface area (Å²) in [6, 6.07) is 8.84. The van der Waals surface area contributed by atoms with Gasteiger partial charge >= 0.3 is 6.09 Å². The Labute approximate surface area is 95.2 Å². The van der Waals surface area contributed by atoms with Crippen LogP contribution in [0, 0.1) is 5.41 Å². The van der Waals surface area contributed by atoms with E-state index in [4.69, 9.17) is 9.84 Å². The molecule has 1 aromatic rings. The Balaban J connectivity index is 2.38. The molecule has 0 aliphatic carbocycles. The molecule has 0 fully saturated rings. The summed E-state index contributed by atoms with van der Waals surface area (Å²) in [5.74, 6) is 0.502. The standard InChI is InChI=1S/C12H17NO3/c1-12(2,9-14)8-13-11(15)16-10-6-4-3-5-7-10/h3-7,14H,8-9H2,1-2H3,(H,13,15). The number of ether oxygens (including phenoxy) is 1. The van der Waals surface area contributed by atoms with E-state index in [0.29, 0.717) is 12.3 Å². The first kappa shape index (κ1) is 12.5. The first-order valence-corrected chi connectivity index (χ1v) is 5.15. The van der Waals surface area contributed by atoms with Gasteiger partial charge in [-0.2, -0.15) is 0 Å². The third-order valence-corrected chi connectivity index (χ3v) is 2.09.